The minimum atomic E-state index is -0.420. The summed E-state index contributed by atoms with van der Waals surface area (Å²) in [6, 6.07) is 4.54. The monoisotopic (exact) mass is 259 g/mol. The second-order valence-electron chi connectivity index (χ2n) is 4.75. The Hall–Kier alpha value is -0.640. The third-order valence-electron chi connectivity index (χ3n) is 2.99. The first-order chi connectivity index (χ1) is 7.87. The maximum atomic E-state index is 13.7. The highest BCUT2D eigenvalue weighted by Gasteiger charge is 2.20. The molecule has 0 fully saturated rings. The molecule has 2 N–H and O–H groups in total. The van der Waals surface area contributed by atoms with E-state index >= 15 is 0 Å². The van der Waals surface area contributed by atoms with Crippen LogP contribution >= 0.6 is 11.6 Å². The number of hydrogen-bond acceptors (Lipinski definition) is 2. The summed E-state index contributed by atoms with van der Waals surface area (Å²) in [5, 5.41) is 0.115. The normalized spacial score (nSPS) is 13.8. The van der Waals surface area contributed by atoms with Gasteiger partial charge in [-0.1, -0.05) is 23.7 Å². The molecule has 0 aromatic heterocycles. The van der Waals surface area contributed by atoms with Crippen LogP contribution < -0.4 is 5.73 Å². The Morgan fingerprint density at radius 3 is 2.71 bits per heavy atom. The molecule has 0 heterocycles. The van der Waals surface area contributed by atoms with Crippen molar-refractivity contribution in [2.75, 3.05) is 7.11 Å². The van der Waals surface area contributed by atoms with Crippen LogP contribution in [-0.4, -0.2) is 12.7 Å². The summed E-state index contributed by atoms with van der Waals surface area (Å²) >= 11 is 5.72. The largest absolute Gasteiger partial charge is 0.379 e. The molecule has 1 unspecified atom stereocenters. The van der Waals surface area contributed by atoms with E-state index in [0.29, 0.717) is 12.0 Å². The summed E-state index contributed by atoms with van der Waals surface area (Å²) in [7, 11) is 1.66. The molecule has 0 amide bonds. The summed E-state index contributed by atoms with van der Waals surface area (Å²) in [6.07, 6.45) is 1.41. The molecule has 0 bridgehead atoms. The van der Waals surface area contributed by atoms with Gasteiger partial charge in [-0.3, -0.25) is 0 Å². The zero-order valence-electron chi connectivity index (χ0n) is 10.5. The maximum absolute atomic E-state index is 13.7. The summed E-state index contributed by atoms with van der Waals surface area (Å²) in [6.45, 7) is 3.96. The van der Waals surface area contributed by atoms with Gasteiger partial charge in [-0.15, -0.1) is 0 Å². The molecule has 0 aliphatic carbocycles. The minimum Gasteiger partial charge on any atom is -0.379 e. The lowest BCUT2D eigenvalue weighted by Gasteiger charge is -2.24. The zero-order chi connectivity index (χ0) is 13.1. The maximum Gasteiger partial charge on any atom is 0.146 e. The molecule has 0 spiro atoms. The van der Waals surface area contributed by atoms with Gasteiger partial charge in [0.15, 0.2) is 0 Å². The predicted molar refractivity (Wildman–Crippen MR) is 68.7 cm³/mol. The van der Waals surface area contributed by atoms with Crippen LogP contribution in [0.25, 0.3) is 0 Å². The number of benzene rings is 1. The van der Waals surface area contributed by atoms with E-state index in [1.807, 2.05) is 13.8 Å². The molecule has 0 saturated carbocycles. The van der Waals surface area contributed by atoms with Crippen LogP contribution in [0.5, 0.6) is 0 Å². The fourth-order valence-electron chi connectivity index (χ4n) is 1.57. The molecule has 96 valence electrons. The molecule has 1 rings (SSSR count). The molecule has 0 radical (unpaired) electrons. The van der Waals surface area contributed by atoms with Gasteiger partial charge in [0.1, 0.15) is 5.82 Å². The molecule has 4 heteroatoms. The van der Waals surface area contributed by atoms with Crippen molar-refractivity contribution < 1.29 is 9.13 Å². The Balaban J connectivity index is 2.71. The Labute approximate surface area is 107 Å². The average molecular weight is 260 g/mol. The van der Waals surface area contributed by atoms with Crippen LogP contribution in [0.4, 0.5) is 4.39 Å². The van der Waals surface area contributed by atoms with Crippen molar-refractivity contribution in [1.29, 1.82) is 0 Å². The van der Waals surface area contributed by atoms with Gasteiger partial charge in [0, 0.05) is 18.7 Å². The van der Waals surface area contributed by atoms with E-state index in [1.165, 1.54) is 6.07 Å². The second-order valence-corrected chi connectivity index (χ2v) is 5.16. The predicted octanol–water partition coefficient (Wildman–Crippen LogP) is 3.68. The van der Waals surface area contributed by atoms with Gasteiger partial charge in [0.25, 0.3) is 0 Å². The number of nitrogens with two attached hydrogens (primary N) is 1. The highest BCUT2D eigenvalue weighted by molar-refractivity contribution is 6.30. The van der Waals surface area contributed by atoms with E-state index in [9.17, 15) is 4.39 Å². The third-order valence-corrected chi connectivity index (χ3v) is 3.28. The smallest absolute Gasteiger partial charge is 0.146 e. The number of rotatable bonds is 5. The Bertz CT molecular complexity index is 382. The van der Waals surface area contributed by atoms with Crippen molar-refractivity contribution in [2.45, 2.75) is 38.3 Å². The van der Waals surface area contributed by atoms with Crippen LogP contribution in [0.1, 0.15) is 38.3 Å². The zero-order valence-corrected chi connectivity index (χ0v) is 11.2. The molecule has 0 saturated heterocycles. The first-order valence-corrected chi connectivity index (χ1v) is 6.00. The number of methoxy groups -OCH3 is 1. The van der Waals surface area contributed by atoms with Gasteiger partial charge in [-0.05, 0) is 32.8 Å². The van der Waals surface area contributed by atoms with Gasteiger partial charge in [-0.25, -0.2) is 4.39 Å². The third kappa shape index (κ3) is 3.95. The molecular formula is C13H19ClFNO. The molecule has 0 aliphatic rings. The van der Waals surface area contributed by atoms with E-state index in [-0.39, 0.29) is 16.7 Å². The molecule has 0 aliphatic heterocycles. The summed E-state index contributed by atoms with van der Waals surface area (Å²) in [5.41, 5.74) is 6.19. The summed E-state index contributed by atoms with van der Waals surface area (Å²) < 4.78 is 19.0. The molecule has 1 aromatic rings. The lowest BCUT2D eigenvalue weighted by Crippen LogP contribution is -2.25. The Morgan fingerprint density at radius 2 is 2.12 bits per heavy atom. The van der Waals surface area contributed by atoms with Crippen LogP contribution in [0.2, 0.25) is 5.02 Å². The van der Waals surface area contributed by atoms with Crippen LogP contribution in [-0.2, 0) is 4.74 Å². The average Bonchev–Trinajstić information content (AvgIpc) is 2.30. The lowest BCUT2D eigenvalue weighted by molar-refractivity contribution is 0.0124. The molecular weight excluding hydrogens is 241 g/mol. The first-order valence-electron chi connectivity index (χ1n) is 5.62. The van der Waals surface area contributed by atoms with Gasteiger partial charge in [0.05, 0.1) is 10.6 Å². The fourth-order valence-corrected chi connectivity index (χ4v) is 1.75. The van der Waals surface area contributed by atoms with Gasteiger partial charge < -0.3 is 10.5 Å². The summed E-state index contributed by atoms with van der Waals surface area (Å²) in [4.78, 5) is 0. The Morgan fingerprint density at radius 1 is 1.47 bits per heavy atom. The first kappa shape index (κ1) is 14.4. The van der Waals surface area contributed by atoms with Crippen molar-refractivity contribution in [3.8, 4) is 0 Å². The van der Waals surface area contributed by atoms with Crippen LogP contribution in [0, 0.1) is 5.82 Å². The van der Waals surface area contributed by atoms with Gasteiger partial charge in [-0.2, -0.15) is 0 Å². The van der Waals surface area contributed by atoms with Crippen LogP contribution in [0.3, 0.4) is 0 Å². The standard InChI is InChI=1S/C13H19ClFNO/c1-13(2,17-3)8-7-11(16)9-5-4-6-10(14)12(9)15/h4-6,11H,7-8,16H2,1-3H3. The van der Waals surface area contributed by atoms with Crippen molar-refractivity contribution >= 4 is 11.6 Å². The van der Waals surface area contributed by atoms with E-state index in [0.717, 1.165) is 6.42 Å². The number of halogens is 2. The van der Waals surface area contributed by atoms with E-state index < -0.39 is 5.82 Å². The molecule has 2 nitrogen and oxygen atoms in total. The molecule has 17 heavy (non-hydrogen) atoms. The summed E-state index contributed by atoms with van der Waals surface area (Å²) in [5.74, 6) is -0.420. The van der Waals surface area contributed by atoms with Gasteiger partial charge in [0.2, 0.25) is 0 Å². The quantitative estimate of drug-likeness (QED) is 0.875. The Kier molecular flexibility index (Phi) is 4.92. The fraction of sp³-hybridized carbons (Fsp3) is 0.538. The number of ether oxygens (including phenoxy) is 1. The van der Waals surface area contributed by atoms with Crippen molar-refractivity contribution in [3.63, 3.8) is 0 Å². The topological polar surface area (TPSA) is 35.2 Å². The highest BCUT2D eigenvalue weighted by Crippen LogP contribution is 2.27. The highest BCUT2D eigenvalue weighted by atomic mass is 35.5. The van der Waals surface area contributed by atoms with Crippen molar-refractivity contribution in [3.05, 3.63) is 34.6 Å². The molecule has 1 aromatic carbocycles. The van der Waals surface area contributed by atoms with E-state index in [1.54, 1.807) is 19.2 Å². The van der Waals surface area contributed by atoms with E-state index in [2.05, 4.69) is 0 Å². The second kappa shape index (κ2) is 5.80. The molecule has 1 atom stereocenters. The van der Waals surface area contributed by atoms with Crippen LogP contribution in [0.15, 0.2) is 18.2 Å². The SMILES string of the molecule is COC(C)(C)CCC(N)c1cccc(Cl)c1F. The van der Waals surface area contributed by atoms with E-state index in [4.69, 9.17) is 22.1 Å². The number of hydrogen-bond donors (Lipinski definition) is 1. The van der Waals surface area contributed by atoms with Crippen molar-refractivity contribution in [1.82, 2.24) is 0 Å². The minimum absolute atomic E-state index is 0.115. The van der Waals surface area contributed by atoms with Gasteiger partial charge >= 0.3 is 0 Å². The lowest BCUT2D eigenvalue weighted by atomic mass is 9.95. The van der Waals surface area contributed by atoms with Crippen molar-refractivity contribution in [2.24, 2.45) is 5.73 Å².